The van der Waals surface area contributed by atoms with Gasteiger partial charge in [-0.25, -0.2) is 4.98 Å². The van der Waals surface area contributed by atoms with Crippen LogP contribution in [0.2, 0.25) is 0 Å². The lowest BCUT2D eigenvalue weighted by Crippen LogP contribution is -2.22. The Labute approximate surface area is 162 Å². The van der Waals surface area contributed by atoms with Crippen molar-refractivity contribution < 1.29 is 4.79 Å². The van der Waals surface area contributed by atoms with Gasteiger partial charge in [0.15, 0.2) is 0 Å². The quantitative estimate of drug-likeness (QED) is 0.587. The van der Waals surface area contributed by atoms with Crippen LogP contribution in [-0.4, -0.2) is 15.5 Å². The zero-order valence-electron chi connectivity index (χ0n) is 15.6. The second kappa shape index (κ2) is 7.12. The number of anilines is 1. The SMILES string of the molecule is Cc1cccc(NC(=O)c2ccc(-n3c(C)nc4ccccc4c3=O)cc2)c1. The average Bonchev–Trinajstić information content (AvgIpc) is 2.68. The van der Waals surface area contributed by atoms with E-state index in [0.29, 0.717) is 28.0 Å². The summed E-state index contributed by atoms with van der Waals surface area (Å²) in [6.07, 6.45) is 0. The number of benzene rings is 3. The molecule has 5 heteroatoms. The van der Waals surface area contributed by atoms with E-state index in [-0.39, 0.29) is 11.5 Å². The van der Waals surface area contributed by atoms with Crippen LogP contribution in [0.3, 0.4) is 0 Å². The maximum Gasteiger partial charge on any atom is 0.265 e. The number of aromatic nitrogens is 2. The van der Waals surface area contributed by atoms with Crippen LogP contribution in [-0.2, 0) is 0 Å². The summed E-state index contributed by atoms with van der Waals surface area (Å²) in [7, 11) is 0. The Morgan fingerprint density at radius 3 is 2.43 bits per heavy atom. The van der Waals surface area contributed by atoms with Crippen LogP contribution < -0.4 is 10.9 Å². The van der Waals surface area contributed by atoms with Crippen LogP contribution in [0.5, 0.6) is 0 Å². The molecule has 0 aliphatic heterocycles. The van der Waals surface area contributed by atoms with Crippen molar-refractivity contribution in [2.45, 2.75) is 13.8 Å². The predicted molar refractivity (Wildman–Crippen MR) is 111 cm³/mol. The molecule has 0 radical (unpaired) electrons. The second-order valence-electron chi connectivity index (χ2n) is 6.69. The number of hydrogen-bond donors (Lipinski definition) is 1. The van der Waals surface area contributed by atoms with E-state index in [2.05, 4.69) is 10.3 Å². The van der Waals surface area contributed by atoms with Gasteiger partial charge in [-0.3, -0.25) is 14.2 Å². The molecule has 0 aliphatic carbocycles. The molecule has 0 aliphatic rings. The van der Waals surface area contributed by atoms with Gasteiger partial charge in [0.25, 0.3) is 11.5 Å². The molecule has 28 heavy (non-hydrogen) atoms. The van der Waals surface area contributed by atoms with Crippen molar-refractivity contribution >= 4 is 22.5 Å². The summed E-state index contributed by atoms with van der Waals surface area (Å²) in [6.45, 7) is 3.77. The minimum atomic E-state index is -0.196. The minimum Gasteiger partial charge on any atom is -0.322 e. The first kappa shape index (κ1) is 17.7. The van der Waals surface area contributed by atoms with Crippen LogP contribution >= 0.6 is 0 Å². The third-order valence-corrected chi connectivity index (χ3v) is 4.61. The summed E-state index contributed by atoms with van der Waals surface area (Å²) in [6, 6.07) is 21.9. The fraction of sp³-hybridized carbons (Fsp3) is 0.0870. The zero-order chi connectivity index (χ0) is 19.7. The van der Waals surface area contributed by atoms with Crippen LogP contribution in [0.15, 0.2) is 77.6 Å². The monoisotopic (exact) mass is 369 g/mol. The first-order valence-corrected chi connectivity index (χ1v) is 9.00. The van der Waals surface area contributed by atoms with Gasteiger partial charge in [0, 0.05) is 11.3 Å². The first-order valence-electron chi connectivity index (χ1n) is 9.00. The zero-order valence-corrected chi connectivity index (χ0v) is 15.6. The molecule has 1 N–H and O–H groups in total. The van der Waals surface area contributed by atoms with Crippen LogP contribution in [0.4, 0.5) is 5.69 Å². The lowest BCUT2D eigenvalue weighted by Gasteiger charge is -2.12. The van der Waals surface area contributed by atoms with Crippen LogP contribution in [0, 0.1) is 13.8 Å². The second-order valence-corrected chi connectivity index (χ2v) is 6.69. The normalized spacial score (nSPS) is 10.8. The van der Waals surface area contributed by atoms with Crippen molar-refractivity contribution in [1.29, 1.82) is 0 Å². The van der Waals surface area contributed by atoms with E-state index < -0.39 is 0 Å². The molecule has 4 aromatic rings. The van der Waals surface area contributed by atoms with E-state index in [0.717, 1.165) is 11.3 Å². The van der Waals surface area contributed by atoms with E-state index in [1.54, 1.807) is 41.8 Å². The molecule has 0 spiro atoms. The lowest BCUT2D eigenvalue weighted by molar-refractivity contribution is 0.102. The highest BCUT2D eigenvalue weighted by molar-refractivity contribution is 6.04. The molecule has 0 saturated carbocycles. The van der Waals surface area contributed by atoms with E-state index >= 15 is 0 Å². The minimum absolute atomic E-state index is 0.125. The number of nitrogens with one attached hydrogen (secondary N) is 1. The third kappa shape index (κ3) is 3.30. The number of carbonyl (C=O) groups is 1. The summed E-state index contributed by atoms with van der Waals surface area (Å²) in [5, 5.41) is 3.45. The number of nitrogens with zero attached hydrogens (tertiary/aromatic N) is 2. The molecular formula is C23H19N3O2. The number of rotatable bonds is 3. The van der Waals surface area contributed by atoms with Gasteiger partial charge in [-0.05, 0) is 67.9 Å². The van der Waals surface area contributed by atoms with Crippen molar-refractivity contribution in [2.75, 3.05) is 5.32 Å². The number of fused-ring (bicyclic) bond motifs is 1. The fourth-order valence-electron chi connectivity index (χ4n) is 3.24. The average molecular weight is 369 g/mol. The molecule has 1 aromatic heterocycles. The van der Waals surface area contributed by atoms with Gasteiger partial charge in [-0.15, -0.1) is 0 Å². The molecule has 1 heterocycles. The number of amides is 1. The largest absolute Gasteiger partial charge is 0.322 e. The number of para-hydroxylation sites is 1. The molecule has 138 valence electrons. The van der Waals surface area contributed by atoms with Gasteiger partial charge in [-0.1, -0.05) is 24.3 Å². The van der Waals surface area contributed by atoms with E-state index in [1.165, 1.54) is 0 Å². The predicted octanol–water partition coefficient (Wildman–Crippen LogP) is 4.25. The summed E-state index contributed by atoms with van der Waals surface area (Å²) >= 11 is 0. The molecule has 0 saturated heterocycles. The first-order chi connectivity index (χ1) is 13.5. The van der Waals surface area contributed by atoms with Gasteiger partial charge >= 0.3 is 0 Å². The standard InChI is InChI=1S/C23H19N3O2/c1-15-6-5-7-18(14-15)25-22(27)17-10-12-19(13-11-17)26-16(2)24-21-9-4-3-8-20(21)23(26)28/h3-14H,1-2H3,(H,25,27). The lowest BCUT2D eigenvalue weighted by atomic mass is 10.1. The van der Waals surface area contributed by atoms with Crippen molar-refractivity contribution in [3.63, 3.8) is 0 Å². The van der Waals surface area contributed by atoms with Crippen LogP contribution in [0.1, 0.15) is 21.7 Å². The number of hydrogen-bond acceptors (Lipinski definition) is 3. The van der Waals surface area contributed by atoms with Crippen molar-refractivity contribution in [3.8, 4) is 5.69 Å². The maximum absolute atomic E-state index is 12.9. The highest BCUT2D eigenvalue weighted by atomic mass is 16.1. The van der Waals surface area contributed by atoms with E-state index in [9.17, 15) is 9.59 Å². The summed E-state index contributed by atoms with van der Waals surface area (Å²) in [5.41, 5.74) is 3.57. The Bertz CT molecular complexity index is 1240. The molecular weight excluding hydrogens is 350 g/mol. The third-order valence-electron chi connectivity index (χ3n) is 4.61. The highest BCUT2D eigenvalue weighted by Crippen LogP contribution is 2.15. The van der Waals surface area contributed by atoms with Gasteiger partial charge in [0.2, 0.25) is 0 Å². The Kier molecular flexibility index (Phi) is 4.49. The molecule has 1 amide bonds. The molecule has 4 rings (SSSR count). The molecule has 5 nitrogen and oxygen atoms in total. The Balaban J connectivity index is 1.66. The number of carbonyl (C=O) groups excluding carboxylic acids is 1. The molecule has 0 bridgehead atoms. The van der Waals surface area contributed by atoms with Crippen molar-refractivity contribution in [1.82, 2.24) is 9.55 Å². The Morgan fingerprint density at radius 2 is 1.68 bits per heavy atom. The summed E-state index contributed by atoms with van der Waals surface area (Å²) < 4.78 is 1.56. The summed E-state index contributed by atoms with van der Waals surface area (Å²) in [5.74, 6) is 0.401. The topological polar surface area (TPSA) is 64.0 Å². The van der Waals surface area contributed by atoms with Crippen LogP contribution in [0.25, 0.3) is 16.6 Å². The summed E-state index contributed by atoms with van der Waals surface area (Å²) in [4.78, 5) is 29.9. The smallest absolute Gasteiger partial charge is 0.265 e. The highest BCUT2D eigenvalue weighted by Gasteiger charge is 2.11. The van der Waals surface area contributed by atoms with Gasteiger partial charge < -0.3 is 5.32 Å². The van der Waals surface area contributed by atoms with Gasteiger partial charge in [-0.2, -0.15) is 0 Å². The van der Waals surface area contributed by atoms with Crippen molar-refractivity contribution in [3.05, 3.63) is 100 Å². The van der Waals surface area contributed by atoms with E-state index in [1.807, 2.05) is 49.4 Å². The van der Waals surface area contributed by atoms with Crippen molar-refractivity contribution in [2.24, 2.45) is 0 Å². The Hall–Kier alpha value is -3.73. The van der Waals surface area contributed by atoms with E-state index in [4.69, 9.17) is 0 Å². The van der Waals surface area contributed by atoms with Gasteiger partial charge in [0.05, 0.1) is 16.6 Å². The fourth-order valence-corrected chi connectivity index (χ4v) is 3.24. The molecule has 0 atom stereocenters. The number of aryl methyl sites for hydroxylation is 2. The van der Waals surface area contributed by atoms with Gasteiger partial charge in [0.1, 0.15) is 5.82 Å². The Morgan fingerprint density at radius 1 is 0.929 bits per heavy atom. The maximum atomic E-state index is 12.9. The molecule has 0 fully saturated rings. The molecule has 3 aromatic carbocycles. The molecule has 0 unspecified atom stereocenters.